The van der Waals surface area contributed by atoms with Gasteiger partial charge in [-0.2, -0.15) is 38.5 Å². The summed E-state index contributed by atoms with van der Waals surface area (Å²) in [6.45, 7) is -0.0832. The van der Waals surface area contributed by atoms with Gasteiger partial charge in [0, 0.05) is 209 Å². The SMILES string of the molecule is C.C.C.C.C.C.C.C.C.C.C.C.C.C.C.C.C.C.C.C.CNC(O)(O)N[C-]=O.CNC(O)(O)N[C-]=O.O=[C-]CCCC(=O)CC(=O)NC(O)(O)NC(=O)CC(=O)CCCCNC(O)(O)N[C-]=O.O=[C-]CCCC(=O)CC(=O)NC(O)(O)NCCCCC(=O)CC(=O)NC(O)(O)NC(=O)CC(=O)CCC[C-]=O.[Y].[Y].[Y].[Y].[Y]. The molecule has 5 radical (unpaired) electrons. The van der Waals surface area contributed by atoms with Crippen molar-refractivity contribution in [3.63, 3.8) is 0 Å². The van der Waals surface area contributed by atoms with Crippen molar-refractivity contribution < 1.29 is 302 Å². The number of carbonyl (C=O) groups is 10. The Kier molecular flexibility index (Phi) is 205. The van der Waals surface area contributed by atoms with E-state index < -0.39 is 127 Å². The van der Waals surface area contributed by atoms with E-state index in [4.69, 9.17) is 30.6 Å². The first kappa shape index (κ1) is 199. The van der Waals surface area contributed by atoms with E-state index in [1.807, 2.05) is 10.6 Å². The topological polar surface area (TPSA) is 660 Å². The number of amides is 8. The maximum Gasteiger partial charge on any atom is 0.337 e. The molecule has 24 N–H and O–H groups in total. The van der Waals surface area contributed by atoms with Crippen molar-refractivity contribution in [1.29, 1.82) is 0 Å². The Morgan fingerprint density at radius 2 is 0.423 bits per heavy atom. The molecule has 0 saturated carbocycles. The van der Waals surface area contributed by atoms with Crippen molar-refractivity contribution in [2.75, 3.05) is 27.2 Å². The van der Waals surface area contributed by atoms with Gasteiger partial charge >= 0.3 is 18.1 Å². The van der Waals surface area contributed by atoms with Crippen LogP contribution in [0.2, 0.25) is 0 Å². The molecule has 111 heavy (non-hydrogen) atoms. The number of hydrogen-bond donors (Lipinski definition) is 24. The van der Waals surface area contributed by atoms with Crippen LogP contribution in [0.15, 0.2) is 0 Å². The van der Waals surface area contributed by atoms with Gasteiger partial charge in [0.15, 0.2) is 0 Å². The van der Waals surface area contributed by atoms with Gasteiger partial charge in [-0.15, -0.1) is 0 Å². The summed E-state index contributed by atoms with van der Waals surface area (Å²) in [5.41, 5.74) is 0. The van der Waals surface area contributed by atoms with E-state index in [1.54, 1.807) is 61.4 Å². The maximum atomic E-state index is 11.9. The van der Waals surface area contributed by atoms with Gasteiger partial charge in [-0.3, -0.25) is 104 Å². The van der Waals surface area contributed by atoms with E-state index in [2.05, 4.69) is 10.6 Å². The Balaban J connectivity index is -0.0000000315. The molecular formula is C66H154N12O28Y5-6. The quantitative estimate of drug-likeness (QED) is 0.0129. The Hall–Kier alpha value is -2.00. The Morgan fingerprint density at radius 3 is 0.595 bits per heavy atom. The van der Waals surface area contributed by atoms with Crippen LogP contribution in [0.5, 0.6) is 0 Å². The van der Waals surface area contributed by atoms with E-state index in [9.17, 15) is 107 Å². The summed E-state index contributed by atoms with van der Waals surface area (Å²) < 4.78 is 0. The number of carbonyl (C=O) groups excluding carboxylic acids is 16. The zero-order chi connectivity index (χ0) is 67.1. The van der Waals surface area contributed by atoms with E-state index in [0.29, 0.717) is 0 Å². The molecule has 0 aromatic heterocycles. The predicted molar refractivity (Wildman–Crippen MR) is 413 cm³/mol. The summed E-state index contributed by atoms with van der Waals surface area (Å²) in [5, 5.41) is 131. The van der Waals surface area contributed by atoms with Gasteiger partial charge in [-0.05, 0) is 39.8 Å². The summed E-state index contributed by atoms with van der Waals surface area (Å²) in [6.07, 6.45) is 5.60. The Bertz CT molecular complexity index is 2200. The average Bonchev–Trinajstić information content (AvgIpc) is 0.899. The zero-order valence-corrected chi connectivity index (χ0v) is 63.5. The number of rotatable bonds is 47. The molecule has 0 aliphatic heterocycles. The van der Waals surface area contributed by atoms with Crippen molar-refractivity contribution in [3.8, 4) is 0 Å². The van der Waals surface area contributed by atoms with E-state index in [1.165, 1.54) is 14.1 Å². The second-order valence-electron chi connectivity index (χ2n) is 17.3. The number of Topliss-reactive ketones (excluding diaryl/α,β-unsaturated/α-hetero) is 5. The summed E-state index contributed by atoms with van der Waals surface area (Å²) in [4.78, 5) is 176. The molecule has 0 aromatic rings. The molecule has 0 unspecified atom stereocenters. The molecule has 0 spiro atoms. The van der Waals surface area contributed by atoms with Crippen LogP contribution in [0.1, 0.15) is 277 Å². The van der Waals surface area contributed by atoms with Crippen molar-refractivity contribution >= 4 is 96.5 Å². The molecule has 45 heteroatoms. The fourth-order valence-corrected chi connectivity index (χ4v) is 5.51. The molecule has 0 atom stereocenters. The van der Waals surface area contributed by atoms with Gasteiger partial charge in [0.05, 0.1) is 32.1 Å². The first-order valence-corrected chi connectivity index (χ1v) is 25.0. The first-order chi connectivity index (χ1) is 39.8. The molecule has 0 aliphatic rings. The van der Waals surface area contributed by atoms with Crippen LogP contribution in [0.25, 0.3) is 0 Å². The molecule has 0 aliphatic carbocycles. The monoisotopic (exact) mass is 2010 g/mol. The maximum absolute atomic E-state index is 11.9. The Morgan fingerprint density at radius 1 is 0.252 bits per heavy atom. The predicted octanol–water partition coefficient (Wildman–Crippen LogP) is 0.376. The molecule has 40 nitrogen and oxygen atoms in total. The number of hydrogen-bond acceptors (Lipinski definition) is 32. The van der Waals surface area contributed by atoms with Crippen molar-refractivity contribution in [2.45, 2.75) is 313 Å². The molecule has 0 rings (SSSR count). The van der Waals surface area contributed by atoms with E-state index in [0.717, 1.165) is 19.2 Å². The molecule has 0 aromatic carbocycles. The normalized spacial score (nSPS) is 8.70. The number of nitrogens with one attached hydrogen (secondary N) is 12. The second-order valence-corrected chi connectivity index (χ2v) is 17.3. The molecule has 0 saturated heterocycles. The summed E-state index contributed by atoms with van der Waals surface area (Å²) in [5.74, 6) is -8.22. The summed E-state index contributed by atoms with van der Waals surface area (Å²) in [6, 6.07) is -16.5. The van der Waals surface area contributed by atoms with Gasteiger partial charge in [-0.25, -0.2) is 10.6 Å². The van der Waals surface area contributed by atoms with Gasteiger partial charge in [0.1, 0.15) is 28.9 Å². The van der Waals surface area contributed by atoms with Gasteiger partial charge in [0.2, 0.25) is 29.5 Å². The fraction of sp³-hybridized carbons (Fsp3) is 0.758. The van der Waals surface area contributed by atoms with Crippen LogP contribution in [0.3, 0.4) is 0 Å². The summed E-state index contributed by atoms with van der Waals surface area (Å²) in [7, 11) is 2.54. The zero-order valence-electron chi connectivity index (χ0n) is 49.3. The molecule has 8 amide bonds. The third-order valence-electron chi connectivity index (χ3n) is 9.44. The summed E-state index contributed by atoms with van der Waals surface area (Å²) >= 11 is 0. The third kappa shape index (κ3) is 137. The Labute approximate surface area is 793 Å². The molecule has 0 heterocycles. The van der Waals surface area contributed by atoms with Crippen molar-refractivity contribution in [2.24, 2.45) is 0 Å². The standard InChI is InChI=1S/C23H34N4O12.C17H26N4O10.2C3H7N2O3.20CH4.5Y/c28-11-5-2-8-17(31)13-19(33)25-22(36,37)24-10-4-1-7-16(30)14-20(34)26-23(38,39)27-21(35)15-18(32)9-3-6-12-29;22-8-4-2-6-13(25)10-15(27)21-17(30,31)20-14(26)9-12(24)5-1-3-7-18-16(28,29)19-11-23;2*1-4-3(7,8)5-2-6;;;;;;;;;;;;;;;;;;;;;;;;;/h24,36-39H,1-10,13-15H2,(H,25,33)(H,26,34)(H,27,35);18,28-31H,1-7,9-10H2,(H,19,23)(H,20,26)(H,21,27);2*4,7-8H,1H3,(H,5,6);20*1H4;;;;;/q2*-2;2*-1;;;;;;;;;;;;;;;;;;;;;;;;;. The van der Waals surface area contributed by atoms with Crippen LogP contribution in [0, 0.1) is 0 Å². The minimum Gasteiger partial charge on any atom is -0.542 e. The van der Waals surface area contributed by atoms with Gasteiger partial charge in [0.25, 0.3) is 18.1 Å². The minimum atomic E-state index is -3.22. The van der Waals surface area contributed by atoms with Crippen LogP contribution < -0.4 is 63.8 Å². The van der Waals surface area contributed by atoms with E-state index in [-0.39, 0.29) is 421 Å². The first-order valence-electron chi connectivity index (χ1n) is 25.0. The van der Waals surface area contributed by atoms with Crippen LogP contribution in [-0.4, -0.2) is 221 Å². The molecule has 0 bridgehead atoms. The largest absolute Gasteiger partial charge is 0.542 e. The molecular weight excluding hydrogens is 1850 g/mol. The van der Waals surface area contributed by atoms with E-state index >= 15 is 0 Å². The fourth-order valence-electron chi connectivity index (χ4n) is 5.51. The molecule has 0 fully saturated rings. The van der Waals surface area contributed by atoms with Crippen molar-refractivity contribution in [3.05, 3.63) is 0 Å². The van der Waals surface area contributed by atoms with Crippen LogP contribution >= 0.6 is 0 Å². The number of aliphatic hydroxyl groups is 12. The smallest absolute Gasteiger partial charge is 0.337 e. The average molecular weight is 2010 g/mol. The molecule has 667 valence electrons. The van der Waals surface area contributed by atoms with Crippen LogP contribution in [0.4, 0.5) is 0 Å². The second kappa shape index (κ2) is 114. The number of ketones is 5. The van der Waals surface area contributed by atoms with Gasteiger partial charge in [-0.1, -0.05) is 168 Å². The van der Waals surface area contributed by atoms with Crippen molar-refractivity contribution in [1.82, 2.24) is 63.8 Å². The van der Waals surface area contributed by atoms with Gasteiger partial charge < -0.3 is 106 Å². The number of unbranched alkanes of at least 4 members (excludes halogenated alkanes) is 5. The third-order valence-corrected chi connectivity index (χ3v) is 9.44. The van der Waals surface area contributed by atoms with Crippen LogP contribution in [-0.2, 0) is 240 Å². The minimum absolute atomic E-state index is 0.